The Morgan fingerprint density at radius 1 is 0.897 bits per heavy atom. The van der Waals surface area contributed by atoms with Gasteiger partial charge in [-0.05, 0) is 36.2 Å². The number of hydrogen-bond acceptors (Lipinski definition) is 2. The van der Waals surface area contributed by atoms with E-state index in [1.807, 2.05) is 67.8 Å². The highest BCUT2D eigenvalue weighted by atomic mass is 16.3. The highest BCUT2D eigenvalue weighted by molar-refractivity contribution is 6.13. The second-order valence-corrected chi connectivity index (χ2v) is 7.27. The molecule has 3 heteroatoms. The first-order valence-corrected chi connectivity index (χ1v) is 9.58. The summed E-state index contributed by atoms with van der Waals surface area (Å²) in [5.74, 6) is 0. The molecule has 0 N–H and O–H groups in total. The van der Waals surface area contributed by atoms with Crippen molar-refractivity contribution in [3.63, 3.8) is 0 Å². The standard InChI is InChI=1S/C26H19N2O/c1-17-11-12-20-25-21(16-27)19(18-8-4-3-5-9-18)13-14-23(25)29-26(20)24(17)22-10-6-7-15-28(22)2/h3-15H,1-2H3/q+1. The molecule has 0 radical (unpaired) electrons. The van der Waals surface area contributed by atoms with Crippen LogP contribution in [-0.4, -0.2) is 0 Å². The van der Waals surface area contributed by atoms with Crippen molar-refractivity contribution in [3.05, 3.63) is 90.1 Å². The van der Waals surface area contributed by atoms with Crippen LogP contribution in [0.2, 0.25) is 0 Å². The average Bonchev–Trinajstić information content (AvgIpc) is 3.13. The van der Waals surface area contributed by atoms with Crippen molar-refractivity contribution < 1.29 is 8.98 Å². The van der Waals surface area contributed by atoms with Crippen molar-refractivity contribution in [1.29, 1.82) is 5.26 Å². The number of nitrogens with zero attached hydrogens (tertiary/aromatic N) is 2. The van der Waals surface area contributed by atoms with E-state index in [2.05, 4.69) is 35.8 Å². The number of rotatable bonds is 2. The van der Waals surface area contributed by atoms with Crippen LogP contribution in [0.15, 0.2) is 83.4 Å². The first kappa shape index (κ1) is 17.2. The number of aromatic nitrogens is 1. The third-order valence-corrected chi connectivity index (χ3v) is 5.52. The lowest BCUT2D eigenvalue weighted by molar-refractivity contribution is -0.660. The van der Waals surface area contributed by atoms with Gasteiger partial charge < -0.3 is 4.42 Å². The topological polar surface area (TPSA) is 40.8 Å². The fourth-order valence-electron chi connectivity index (χ4n) is 4.11. The summed E-state index contributed by atoms with van der Waals surface area (Å²) >= 11 is 0. The van der Waals surface area contributed by atoms with Gasteiger partial charge in [0.25, 0.3) is 0 Å². The second kappa shape index (κ2) is 6.61. The molecule has 0 saturated carbocycles. The molecule has 5 rings (SSSR count). The first-order valence-electron chi connectivity index (χ1n) is 9.58. The number of hydrogen-bond donors (Lipinski definition) is 0. The van der Waals surface area contributed by atoms with Crippen molar-refractivity contribution in [2.45, 2.75) is 6.92 Å². The maximum atomic E-state index is 10.0. The quantitative estimate of drug-likeness (QED) is 0.359. The molecule has 0 amide bonds. The van der Waals surface area contributed by atoms with Gasteiger partial charge in [-0.1, -0.05) is 42.5 Å². The van der Waals surface area contributed by atoms with E-state index < -0.39 is 0 Å². The first-order chi connectivity index (χ1) is 14.2. The maximum absolute atomic E-state index is 10.0. The van der Waals surface area contributed by atoms with E-state index in [0.29, 0.717) is 5.56 Å². The van der Waals surface area contributed by atoms with Gasteiger partial charge >= 0.3 is 0 Å². The average molecular weight is 375 g/mol. The monoisotopic (exact) mass is 375 g/mol. The third kappa shape index (κ3) is 2.61. The number of furan rings is 1. The highest BCUT2D eigenvalue weighted by Gasteiger charge is 2.22. The van der Waals surface area contributed by atoms with Crippen LogP contribution >= 0.6 is 0 Å². The Morgan fingerprint density at radius 3 is 2.45 bits per heavy atom. The smallest absolute Gasteiger partial charge is 0.216 e. The van der Waals surface area contributed by atoms with Crippen LogP contribution in [0.3, 0.4) is 0 Å². The summed E-state index contributed by atoms with van der Waals surface area (Å²) in [7, 11) is 2.03. The molecule has 0 bridgehead atoms. The number of pyridine rings is 1. The summed E-state index contributed by atoms with van der Waals surface area (Å²) in [6.07, 6.45) is 2.03. The third-order valence-electron chi connectivity index (χ3n) is 5.52. The molecule has 0 unspecified atom stereocenters. The lowest BCUT2D eigenvalue weighted by Gasteiger charge is -2.06. The van der Waals surface area contributed by atoms with Crippen molar-refractivity contribution in [1.82, 2.24) is 0 Å². The van der Waals surface area contributed by atoms with Crippen LogP contribution < -0.4 is 4.57 Å². The van der Waals surface area contributed by atoms with Crippen molar-refractivity contribution in [2.75, 3.05) is 0 Å². The summed E-state index contributed by atoms with van der Waals surface area (Å²) in [5.41, 5.74) is 7.45. The van der Waals surface area contributed by atoms with E-state index in [1.165, 1.54) is 0 Å². The van der Waals surface area contributed by atoms with Crippen LogP contribution in [-0.2, 0) is 7.05 Å². The Balaban J connectivity index is 1.90. The zero-order valence-electron chi connectivity index (χ0n) is 16.3. The molecular weight excluding hydrogens is 356 g/mol. The lowest BCUT2D eigenvalue weighted by Crippen LogP contribution is -2.30. The van der Waals surface area contributed by atoms with Gasteiger partial charge in [0.05, 0.1) is 11.1 Å². The van der Waals surface area contributed by atoms with Crippen LogP contribution in [0, 0.1) is 18.3 Å². The molecule has 5 aromatic rings. The summed E-state index contributed by atoms with van der Waals surface area (Å²) in [6.45, 7) is 2.09. The number of aryl methyl sites for hydroxylation is 2. The Kier molecular flexibility index (Phi) is 3.93. The van der Waals surface area contributed by atoms with Gasteiger partial charge in [0.2, 0.25) is 5.69 Å². The summed E-state index contributed by atoms with van der Waals surface area (Å²) in [6, 6.07) is 26.7. The molecule has 2 heterocycles. The van der Waals surface area contributed by atoms with Crippen molar-refractivity contribution in [2.24, 2.45) is 7.05 Å². The molecule has 138 valence electrons. The van der Waals surface area contributed by atoms with Crippen LogP contribution in [0.5, 0.6) is 0 Å². The summed E-state index contributed by atoms with van der Waals surface area (Å²) in [4.78, 5) is 0. The van der Waals surface area contributed by atoms with E-state index >= 15 is 0 Å². The summed E-state index contributed by atoms with van der Waals surface area (Å²) < 4.78 is 8.44. The minimum Gasteiger partial charge on any atom is -0.455 e. The van der Waals surface area contributed by atoms with E-state index in [9.17, 15) is 5.26 Å². The molecule has 0 aliphatic heterocycles. The Bertz CT molecular complexity index is 1420. The molecule has 0 aliphatic carbocycles. The molecule has 0 aliphatic rings. The van der Waals surface area contributed by atoms with Crippen LogP contribution in [0.1, 0.15) is 11.1 Å². The van der Waals surface area contributed by atoms with Gasteiger partial charge in [-0.2, -0.15) is 5.26 Å². The van der Waals surface area contributed by atoms with Crippen molar-refractivity contribution >= 4 is 21.9 Å². The zero-order chi connectivity index (χ0) is 20.0. The minimum atomic E-state index is 0.652. The molecular formula is C26H19N2O+. The van der Waals surface area contributed by atoms with Crippen LogP contribution in [0.4, 0.5) is 0 Å². The van der Waals surface area contributed by atoms with Gasteiger partial charge in [0, 0.05) is 28.5 Å². The van der Waals surface area contributed by atoms with Gasteiger partial charge in [0.15, 0.2) is 6.20 Å². The lowest BCUT2D eigenvalue weighted by atomic mass is 9.94. The predicted octanol–water partition coefficient (Wildman–Crippen LogP) is 5.92. The molecule has 0 spiro atoms. The molecule has 3 nitrogen and oxygen atoms in total. The SMILES string of the molecule is Cc1ccc2c(oc3ccc(-c4ccccc4)c(C#N)c32)c1-c1cccc[n+]1C. The molecule has 2 aromatic heterocycles. The fraction of sp³-hybridized carbons (Fsp3) is 0.0769. The highest BCUT2D eigenvalue weighted by Crippen LogP contribution is 2.40. The largest absolute Gasteiger partial charge is 0.455 e. The zero-order valence-corrected chi connectivity index (χ0v) is 16.3. The molecule has 29 heavy (non-hydrogen) atoms. The van der Waals surface area contributed by atoms with E-state index in [4.69, 9.17) is 4.42 Å². The number of fused-ring (bicyclic) bond motifs is 3. The van der Waals surface area contributed by atoms with Gasteiger partial charge in [0.1, 0.15) is 24.3 Å². The van der Waals surface area contributed by atoms with Gasteiger partial charge in [-0.15, -0.1) is 0 Å². The molecule has 3 aromatic carbocycles. The molecule has 0 fully saturated rings. The predicted molar refractivity (Wildman–Crippen MR) is 115 cm³/mol. The minimum absolute atomic E-state index is 0.652. The van der Waals surface area contributed by atoms with E-state index in [-0.39, 0.29) is 0 Å². The van der Waals surface area contributed by atoms with Gasteiger partial charge in [-0.3, -0.25) is 0 Å². The fourth-order valence-corrected chi connectivity index (χ4v) is 4.11. The Hall–Kier alpha value is -3.90. The van der Waals surface area contributed by atoms with Crippen molar-refractivity contribution in [3.8, 4) is 28.5 Å². The van der Waals surface area contributed by atoms with E-state index in [1.54, 1.807) is 0 Å². The number of benzene rings is 3. The molecule has 0 saturated heterocycles. The summed E-state index contributed by atoms with van der Waals surface area (Å²) in [5, 5.41) is 11.9. The van der Waals surface area contributed by atoms with E-state index in [0.717, 1.165) is 49.9 Å². The second-order valence-electron chi connectivity index (χ2n) is 7.27. The Labute approximate surface area is 169 Å². The Morgan fingerprint density at radius 2 is 1.69 bits per heavy atom. The molecule has 0 atom stereocenters. The number of nitriles is 1. The van der Waals surface area contributed by atoms with Gasteiger partial charge in [-0.25, -0.2) is 4.57 Å². The normalized spacial score (nSPS) is 11.1. The van der Waals surface area contributed by atoms with Crippen LogP contribution in [0.25, 0.3) is 44.3 Å². The maximum Gasteiger partial charge on any atom is 0.216 e.